The van der Waals surface area contributed by atoms with Crippen molar-refractivity contribution in [2.75, 3.05) is 14.6 Å². The lowest BCUT2D eigenvalue weighted by atomic mass is 9.42. The number of anilines is 8. The van der Waals surface area contributed by atoms with E-state index in [2.05, 4.69) is 334 Å². The molecule has 3 heterocycles. The lowest BCUT2D eigenvalue weighted by Crippen LogP contribution is -2.62. The van der Waals surface area contributed by atoms with Crippen molar-refractivity contribution in [2.45, 2.75) is 201 Å². The lowest BCUT2D eigenvalue weighted by Gasteiger charge is -2.48. The van der Waals surface area contributed by atoms with Crippen LogP contribution in [0.1, 0.15) is 207 Å². The molecule has 0 N–H and O–H groups in total. The smallest absolute Gasteiger partial charge is 0.333 e. The SMILES string of the molecule is CC(C)(C)c1ccc(N(c2ccc(C(C)(C)C)cc2)c2ccc3c(c2)-c2c4c(cc5c2C(C)(C)c2ccccc2-5)N(c2ccc(C(C)(C)C)cc2-c2ccccc2)c2c(ccc5c2sc2cc6c(cc25)C(C)(C)CCC6(C)C)B4N3c2ccc3c(c2)C(C)(C)CCC3(C)C)cc1. The number of thiophene rings is 1. The van der Waals surface area contributed by atoms with E-state index in [1.165, 1.54) is 156 Å². The molecule has 2 aliphatic heterocycles. The maximum atomic E-state index is 2.82. The highest BCUT2D eigenvalue weighted by Crippen LogP contribution is 2.61. The van der Waals surface area contributed by atoms with Crippen LogP contribution >= 0.6 is 11.3 Å². The summed E-state index contributed by atoms with van der Waals surface area (Å²) in [5.41, 5.74) is 32.4. The van der Waals surface area contributed by atoms with Gasteiger partial charge in [0.25, 0.3) is 0 Å². The summed E-state index contributed by atoms with van der Waals surface area (Å²) in [5.74, 6) is 0. The van der Waals surface area contributed by atoms with Crippen molar-refractivity contribution in [3.05, 3.63) is 238 Å². The predicted molar refractivity (Wildman–Crippen MR) is 417 cm³/mol. The number of hydrogen-bond donors (Lipinski definition) is 0. The summed E-state index contributed by atoms with van der Waals surface area (Å²) in [6, 6.07) is 75.2. The number of hydrogen-bond acceptors (Lipinski definition) is 4. The van der Waals surface area contributed by atoms with E-state index in [0.29, 0.717) is 0 Å². The lowest BCUT2D eigenvalue weighted by molar-refractivity contribution is 0.332. The average molecular weight is 1270 g/mol. The Kier molecular flexibility index (Phi) is 13.7. The highest BCUT2D eigenvalue weighted by molar-refractivity contribution is 7.26. The summed E-state index contributed by atoms with van der Waals surface area (Å²) in [5, 5.41) is 2.70. The monoisotopic (exact) mass is 1270 g/mol. The Bertz CT molecular complexity index is 4970. The Morgan fingerprint density at radius 1 is 0.406 bits per heavy atom. The summed E-state index contributed by atoms with van der Waals surface area (Å²) in [6.07, 6.45) is 4.64. The largest absolute Gasteiger partial charge is 0.376 e. The van der Waals surface area contributed by atoms with Crippen LogP contribution in [0.15, 0.2) is 188 Å². The molecule has 0 unspecified atom stereocenters. The van der Waals surface area contributed by atoms with Gasteiger partial charge in [-0.05, 0) is 232 Å². The highest BCUT2D eigenvalue weighted by Gasteiger charge is 2.52. The molecule has 96 heavy (non-hydrogen) atoms. The number of rotatable bonds is 6. The van der Waals surface area contributed by atoms with Crippen LogP contribution in [-0.2, 0) is 43.3 Å². The van der Waals surface area contributed by atoms with E-state index in [4.69, 9.17) is 0 Å². The third-order valence-electron chi connectivity index (χ3n) is 23.8. The van der Waals surface area contributed by atoms with Crippen molar-refractivity contribution < 1.29 is 0 Å². The molecule has 5 heteroatoms. The fraction of sp³-hybridized carbons (Fsp3) is 0.341. The summed E-state index contributed by atoms with van der Waals surface area (Å²) < 4.78 is 2.71. The van der Waals surface area contributed by atoms with Gasteiger partial charge in [-0.1, -0.05) is 235 Å². The summed E-state index contributed by atoms with van der Waals surface area (Å²) in [6.45, 7) is 45.7. The molecule has 0 radical (unpaired) electrons. The van der Waals surface area contributed by atoms with Crippen LogP contribution in [-0.4, -0.2) is 6.85 Å². The van der Waals surface area contributed by atoms with Gasteiger partial charge in [-0.25, -0.2) is 0 Å². The summed E-state index contributed by atoms with van der Waals surface area (Å²) >= 11 is 2.02. The molecule has 3 nitrogen and oxygen atoms in total. The van der Waals surface area contributed by atoms with E-state index >= 15 is 0 Å². The van der Waals surface area contributed by atoms with E-state index in [1.807, 2.05) is 11.3 Å². The molecule has 484 valence electrons. The van der Waals surface area contributed by atoms with Gasteiger partial charge >= 0.3 is 6.85 Å². The van der Waals surface area contributed by atoms with Crippen LogP contribution in [0.25, 0.3) is 53.6 Å². The molecule has 0 spiro atoms. The van der Waals surface area contributed by atoms with Crippen LogP contribution in [0.3, 0.4) is 0 Å². The zero-order valence-electron chi connectivity index (χ0n) is 60.6. The molecule has 0 fully saturated rings. The summed E-state index contributed by atoms with van der Waals surface area (Å²) in [4.78, 5) is 8.15. The molecule has 16 rings (SSSR count). The molecular weight excluding hydrogens is 1180 g/mol. The Hall–Kier alpha value is -8.12. The second kappa shape index (κ2) is 21.0. The Labute approximate surface area is 577 Å². The van der Waals surface area contributed by atoms with Crippen LogP contribution in [0.4, 0.5) is 45.5 Å². The third kappa shape index (κ3) is 9.53. The van der Waals surface area contributed by atoms with E-state index in [1.54, 1.807) is 0 Å². The Morgan fingerprint density at radius 2 is 0.948 bits per heavy atom. The quantitative estimate of drug-likeness (QED) is 0.154. The van der Waals surface area contributed by atoms with E-state index in [0.717, 1.165) is 29.9 Å². The van der Waals surface area contributed by atoms with Crippen molar-refractivity contribution in [3.63, 3.8) is 0 Å². The molecular formula is C91H96BN3S. The minimum absolute atomic E-state index is 0.00193. The predicted octanol–water partition coefficient (Wildman–Crippen LogP) is 24.8. The fourth-order valence-electron chi connectivity index (χ4n) is 17.8. The number of fused-ring (bicyclic) bond motifs is 14. The molecule has 0 saturated carbocycles. The zero-order valence-corrected chi connectivity index (χ0v) is 61.4. The van der Waals surface area contributed by atoms with Crippen molar-refractivity contribution in [3.8, 4) is 33.4 Å². The molecule has 10 aromatic carbocycles. The van der Waals surface area contributed by atoms with Gasteiger partial charge in [0, 0.05) is 66.1 Å². The first-order valence-electron chi connectivity index (χ1n) is 35.7. The first-order valence-corrected chi connectivity index (χ1v) is 36.5. The van der Waals surface area contributed by atoms with Crippen LogP contribution < -0.4 is 25.5 Å². The van der Waals surface area contributed by atoms with Crippen molar-refractivity contribution in [2.24, 2.45) is 0 Å². The highest BCUT2D eigenvalue weighted by atomic mass is 32.1. The number of nitrogens with zero attached hydrogens (tertiary/aromatic N) is 3. The van der Waals surface area contributed by atoms with Gasteiger partial charge in [0.05, 0.1) is 16.1 Å². The zero-order chi connectivity index (χ0) is 67.5. The van der Waals surface area contributed by atoms with Crippen LogP contribution in [0.2, 0.25) is 0 Å². The van der Waals surface area contributed by atoms with E-state index < -0.39 is 0 Å². The maximum absolute atomic E-state index is 2.82. The Balaban J connectivity index is 1.07. The normalized spacial score (nSPS) is 17.5. The maximum Gasteiger partial charge on any atom is 0.333 e. The fourth-order valence-corrected chi connectivity index (χ4v) is 19.0. The van der Waals surface area contributed by atoms with E-state index in [9.17, 15) is 0 Å². The number of benzene rings is 10. The second-order valence-electron chi connectivity index (χ2n) is 35.5. The van der Waals surface area contributed by atoms with Gasteiger partial charge in [-0.2, -0.15) is 0 Å². The molecule has 0 amide bonds. The second-order valence-corrected chi connectivity index (χ2v) is 36.6. The van der Waals surface area contributed by atoms with Crippen molar-refractivity contribution >= 4 is 94.8 Å². The van der Waals surface area contributed by atoms with Crippen molar-refractivity contribution in [1.29, 1.82) is 0 Å². The van der Waals surface area contributed by atoms with Crippen molar-refractivity contribution in [1.82, 2.24) is 0 Å². The van der Waals surface area contributed by atoms with Gasteiger partial charge in [0.2, 0.25) is 0 Å². The van der Waals surface area contributed by atoms with Gasteiger partial charge in [0.15, 0.2) is 0 Å². The first kappa shape index (κ1) is 62.7. The molecule has 0 atom stereocenters. The average Bonchev–Trinajstić information content (AvgIpc) is 1.26. The van der Waals surface area contributed by atoms with Crippen LogP contribution in [0, 0.1) is 0 Å². The molecule has 0 bridgehead atoms. The van der Waals surface area contributed by atoms with Gasteiger partial charge < -0.3 is 14.6 Å². The molecule has 3 aliphatic carbocycles. The summed E-state index contributed by atoms with van der Waals surface area (Å²) in [7, 11) is 0. The molecule has 0 saturated heterocycles. The minimum Gasteiger partial charge on any atom is -0.376 e. The third-order valence-corrected chi connectivity index (χ3v) is 25.0. The van der Waals surface area contributed by atoms with Gasteiger partial charge in [-0.3, -0.25) is 0 Å². The Morgan fingerprint density at radius 3 is 1.56 bits per heavy atom. The van der Waals surface area contributed by atoms with Gasteiger partial charge in [-0.15, -0.1) is 11.3 Å². The minimum atomic E-state index is -0.353. The van der Waals surface area contributed by atoms with Crippen LogP contribution in [0.5, 0.6) is 0 Å². The van der Waals surface area contributed by atoms with E-state index in [-0.39, 0.29) is 50.2 Å². The molecule has 5 aliphatic rings. The standard InChI is InChI=1S/C91H96BN3S/c1-84(2,3)56-29-34-59(35-30-56)93(60-36-31-57(32-37-60)85(4,5)6)61-39-44-76-68(50-61)79-80-67(63-27-23-24-28-69(63)91(80,18)19)53-77-81(79)92(95(76)62-38-41-70-71(51-62)88(12,13)46-45-87(70,10)11)74-42-40-64-66-52-72-73(90(16,17)48-47-89(72,14)15)54-78(66)96-83(64)82(74)94(77)75-43-33-58(86(7,8)9)49-65(75)55-25-21-20-22-26-55/h20-44,49-54H,45-48H2,1-19H3. The molecule has 11 aromatic rings. The topological polar surface area (TPSA) is 9.72 Å². The molecule has 1 aromatic heterocycles. The van der Waals surface area contributed by atoms with Gasteiger partial charge in [0.1, 0.15) is 0 Å². The first-order chi connectivity index (χ1) is 45.2.